The van der Waals surface area contributed by atoms with Crippen LogP contribution in [-0.2, 0) is 9.53 Å². The maximum atomic E-state index is 14.1. The van der Waals surface area contributed by atoms with E-state index in [1.165, 1.54) is 6.07 Å². The number of thiocarbonyl (C=S) groups is 1. The minimum absolute atomic E-state index is 0.131. The van der Waals surface area contributed by atoms with Crippen molar-refractivity contribution in [3.05, 3.63) is 46.7 Å². The number of ether oxygens (including phenoxy) is 1. The van der Waals surface area contributed by atoms with Crippen molar-refractivity contribution in [1.82, 2.24) is 10.6 Å². The van der Waals surface area contributed by atoms with Crippen LogP contribution in [0.2, 0.25) is 0 Å². The third kappa shape index (κ3) is 4.04. The minimum atomic E-state index is -0.830. The molecule has 0 amide bonds. The Morgan fingerprint density at radius 3 is 2.70 bits per heavy atom. The average molecular weight is 340 g/mol. The molecule has 23 heavy (non-hydrogen) atoms. The van der Waals surface area contributed by atoms with E-state index in [-0.39, 0.29) is 28.8 Å². The molecule has 1 aliphatic heterocycles. The van der Waals surface area contributed by atoms with Crippen molar-refractivity contribution in [2.24, 2.45) is 5.92 Å². The molecule has 4 nitrogen and oxygen atoms in total. The van der Waals surface area contributed by atoms with Crippen LogP contribution in [0.15, 0.2) is 29.5 Å². The molecule has 0 saturated carbocycles. The minimum Gasteiger partial charge on any atom is -0.462 e. The number of hydrogen-bond donors (Lipinski definition) is 2. The molecule has 0 unspecified atom stereocenters. The van der Waals surface area contributed by atoms with E-state index in [1.807, 2.05) is 13.8 Å². The summed E-state index contributed by atoms with van der Waals surface area (Å²) >= 11 is 5.07. The lowest BCUT2D eigenvalue weighted by Crippen LogP contribution is -2.45. The van der Waals surface area contributed by atoms with E-state index in [2.05, 4.69) is 10.6 Å². The molecule has 0 aromatic heterocycles. The number of nitrogens with one attached hydrogen (secondary N) is 2. The van der Waals surface area contributed by atoms with Crippen molar-refractivity contribution in [1.29, 1.82) is 0 Å². The highest BCUT2D eigenvalue weighted by Crippen LogP contribution is 2.29. The van der Waals surface area contributed by atoms with E-state index in [0.717, 1.165) is 12.1 Å². The quantitative estimate of drug-likeness (QED) is 0.652. The molecule has 1 aromatic rings. The SMILES string of the molecule is CC1=C(C(=O)OCC(C)C)[C@H](c2ccc(F)cc2F)NC(=S)N1. The normalized spacial score (nSPS) is 17.8. The second-order valence-corrected chi connectivity index (χ2v) is 6.14. The van der Waals surface area contributed by atoms with Gasteiger partial charge >= 0.3 is 5.97 Å². The van der Waals surface area contributed by atoms with Crippen LogP contribution < -0.4 is 10.6 Å². The number of carbonyl (C=O) groups excluding carboxylic acids is 1. The van der Waals surface area contributed by atoms with Gasteiger partial charge in [-0.1, -0.05) is 19.9 Å². The van der Waals surface area contributed by atoms with E-state index >= 15 is 0 Å². The summed E-state index contributed by atoms with van der Waals surface area (Å²) in [5, 5.41) is 5.93. The van der Waals surface area contributed by atoms with Crippen LogP contribution in [0.1, 0.15) is 32.4 Å². The highest BCUT2D eigenvalue weighted by molar-refractivity contribution is 7.80. The zero-order chi connectivity index (χ0) is 17.1. The lowest BCUT2D eigenvalue weighted by atomic mass is 9.95. The molecular formula is C16H18F2N2O2S. The predicted octanol–water partition coefficient (Wildman–Crippen LogP) is 2.96. The Morgan fingerprint density at radius 2 is 2.09 bits per heavy atom. The van der Waals surface area contributed by atoms with E-state index < -0.39 is 23.6 Å². The smallest absolute Gasteiger partial charge is 0.338 e. The Kier molecular flexibility index (Phi) is 5.30. The number of hydrogen-bond acceptors (Lipinski definition) is 3. The van der Waals surface area contributed by atoms with Crippen LogP contribution in [0, 0.1) is 17.6 Å². The molecule has 0 spiro atoms. The number of esters is 1. The van der Waals surface area contributed by atoms with E-state index in [1.54, 1.807) is 6.92 Å². The summed E-state index contributed by atoms with van der Waals surface area (Å²) in [6.45, 7) is 5.74. The van der Waals surface area contributed by atoms with Gasteiger partial charge in [-0.05, 0) is 31.1 Å². The van der Waals surface area contributed by atoms with Crippen LogP contribution >= 0.6 is 12.2 Å². The maximum Gasteiger partial charge on any atom is 0.338 e. The number of carbonyl (C=O) groups is 1. The van der Waals surface area contributed by atoms with Gasteiger partial charge in [0.25, 0.3) is 0 Å². The Labute approximate surface area is 138 Å². The second kappa shape index (κ2) is 7.04. The molecule has 1 heterocycles. The standard InChI is InChI=1S/C16H18F2N2O2S/c1-8(2)7-22-15(21)13-9(3)19-16(23)20-14(13)11-5-4-10(17)6-12(11)18/h4-6,8,14H,7H2,1-3H3,(H2,19,20,23)/t14-/m0/s1. The molecule has 1 aliphatic rings. The molecule has 7 heteroatoms. The summed E-state index contributed by atoms with van der Waals surface area (Å²) in [5.74, 6) is -1.83. The van der Waals surface area contributed by atoms with Gasteiger partial charge in [0.1, 0.15) is 11.6 Å². The molecule has 2 rings (SSSR count). The zero-order valence-corrected chi connectivity index (χ0v) is 13.9. The summed E-state index contributed by atoms with van der Waals surface area (Å²) in [6.07, 6.45) is 0. The van der Waals surface area contributed by atoms with Crippen molar-refractivity contribution in [2.75, 3.05) is 6.61 Å². The monoisotopic (exact) mass is 340 g/mol. The lowest BCUT2D eigenvalue weighted by Gasteiger charge is -2.30. The van der Waals surface area contributed by atoms with Gasteiger partial charge in [-0.25, -0.2) is 13.6 Å². The van der Waals surface area contributed by atoms with Crippen molar-refractivity contribution in [2.45, 2.75) is 26.8 Å². The Morgan fingerprint density at radius 1 is 1.39 bits per heavy atom. The lowest BCUT2D eigenvalue weighted by molar-refractivity contribution is -0.140. The molecule has 0 aliphatic carbocycles. The molecule has 2 N–H and O–H groups in total. The van der Waals surface area contributed by atoms with Gasteiger partial charge in [-0.15, -0.1) is 0 Å². The van der Waals surface area contributed by atoms with E-state index in [4.69, 9.17) is 17.0 Å². The van der Waals surface area contributed by atoms with Crippen LogP contribution in [0.25, 0.3) is 0 Å². The second-order valence-electron chi connectivity index (χ2n) is 5.73. The third-order valence-corrected chi connectivity index (χ3v) is 3.53. The molecule has 0 saturated heterocycles. The van der Waals surface area contributed by atoms with Crippen molar-refractivity contribution in [3.63, 3.8) is 0 Å². The first-order chi connectivity index (χ1) is 10.8. The molecule has 0 radical (unpaired) electrons. The summed E-state index contributed by atoms with van der Waals surface area (Å²) in [7, 11) is 0. The Bertz CT molecular complexity index is 674. The first-order valence-corrected chi connectivity index (χ1v) is 7.60. The molecule has 0 fully saturated rings. The molecule has 124 valence electrons. The van der Waals surface area contributed by atoms with Crippen molar-refractivity contribution >= 4 is 23.3 Å². The van der Waals surface area contributed by atoms with Gasteiger partial charge in [0, 0.05) is 17.3 Å². The first kappa shape index (κ1) is 17.3. The van der Waals surface area contributed by atoms with Crippen LogP contribution in [0.4, 0.5) is 8.78 Å². The Balaban J connectivity index is 2.40. The summed E-state index contributed by atoms with van der Waals surface area (Å²) in [6, 6.07) is 2.37. The first-order valence-electron chi connectivity index (χ1n) is 7.20. The van der Waals surface area contributed by atoms with Gasteiger partial charge < -0.3 is 15.4 Å². The third-order valence-electron chi connectivity index (χ3n) is 3.31. The van der Waals surface area contributed by atoms with Crippen LogP contribution in [0.3, 0.4) is 0 Å². The molecular weight excluding hydrogens is 322 g/mol. The van der Waals surface area contributed by atoms with E-state index in [0.29, 0.717) is 5.70 Å². The molecule has 0 bridgehead atoms. The fourth-order valence-corrected chi connectivity index (χ4v) is 2.52. The zero-order valence-electron chi connectivity index (χ0n) is 13.1. The van der Waals surface area contributed by atoms with Gasteiger partial charge in [0.05, 0.1) is 18.2 Å². The maximum absolute atomic E-state index is 14.1. The molecule has 1 atom stereocenters. The highest BCUT2D eigenvalue weighted by Gasteiger charge is 2.32. The van der Waals surface area contributed by atoms with Gasteiger partial charge in [0.2, 0.25) is 0 Å². The fraction of sp³-hybridized carbons (Fsp3) is 0.375. The van der Waals surface area contributed by atoms with Crippen molar-refractivity contribution < 1.29 is 18.3 Å². The largest absolute Gasteiger partial charge is 0.462 e. The molecule has 1 aromatic carbocycles. The van der Waals surface area contributed by atoms with Crippen LogP contribution in [-0.4, -0.2) is 17.7 Å². The number of benzene rings is 1. The fourth-order valence-electron chi connectivity index (χ4n) is 2.25. The highest BCUT2D eigenvalue weighted by atomic mass is 32.1. The van der Waals surface area contributed by atoms with Gasteiger partial charge in [-0.2, -0.15) is 0 Å². The van der Waals surface area contributed by atoms with E-state index in [9.17, 15) is 13.6 Å². The predicted molar refractivity (Wildman–Crippen MR) is 86.5 cm³/mol. The Hall–Kier alpha value is -2.02. The topological polar surface area (TPSA) is 50.4 Å². The van der Waals surface area contributed by atoms with Crippen molar-refractivity contribution in [3.8, 4) is 0 Å². The number of allylic oxidation sites excluding steroid dienone is 1. The number of rotatable bonds is 4. The summed E-state index contributed by atoms with van der Waals surface area (Å²) in [5.41, 5.74) is 0.840. The number of halogens is 2. The van der Waals surface area contributed by atoms with Gasteiger partial charge in [-0.3, -0.25) is 0 Å². The average Bonchev–Trinajstić information content (AvgIpc) is 2.44. The van der Waals surface area contributed by atoms with Gasteiger partial charge in [0.15, 0.2) is 5.11 Å². The summed E-state index contributed by atoms with van der Waals surface area (Å²) in [4.78, 5) is 12.4. The van der Waals surface area contributed by atoms with Crippen LogP contribution in [0.5, 0.6) is 0 Å². The summed E-state index contributed by atoms with van der Waals surface area (Å²) < 4.78 is 32.5.